The van der Waals surface area contributed by atoms with E-state index < -0.39 is 0 Å². The van der Waals surface area contributed by atoms with Crippen LogP contribution in [0.3, 0.4) is 0 Å². The van der Waals surface area contributed by atoms with Gasteiger partial charge in [0.1, 0.15) is 22.7 Å². The fourth-order valence-corrected chi connectivity index (χ4v) is 3.67. The number of benzene rings is 2. The second kappa shape index (κ2) is 6.82. The molecule has 0 aliphatic carbocycles. The highest BCUT2D eigenvalue weighted by Crippen LogP contribution is 2.37. The molecular weight excluding hydrogens is 344 g/mol. The zero-order valence-electron chi connectivity index (χ0n) is 13.9. The van der Waals surface area contributed by atoms with Crippen molar-refractivity contribution in [1.82, 2.24) is 9.97 Å². The van der Waals surface area contributed by atoms with Crippen LogP contribution < -0.4 is 10.1 Å². The third-order valence-electron chi connectivity index (χ3n) is 4.03. The maximum absolute atomic E-state index is 9.09. The molecule has 0 amide bonds. The Morgan fingerprint density at radius 3 is 2.73 bits per heavy atom. The zero-order valence-corrected chi connectivity index (χ0v) is 14.7. The van der Waals surface area contributed by atoms with Crippen LogP contribution in [0.2, 0.25) is 0 Å². The first-order valence-electron chi connectivity index (χ1n) is 7.92. The van der Waals surface area contributed by atoms with Crippen LogP contribution in [0.1, 0.15) is 5.56 Å². The summed E-state index contributed by atoms with van der Waals surface area (Å²) in [5.41, 5.74) is 3.55. The number of hydrogen-bond acceptors (Lipinski definition) is 6. The summed E-state index contributed by atoms with van der Waals surface area (Å²) < 4.78 is 5.24. The number of thiophene rings is 1. The first kappa shape index (κ1) is 16.1. The predicted octanol–water partition coefficient (Wildman–Crippen LogP) is 4.98. The number of nitrogens with zero attached hydrogens (tertiary/aromatic N) is 3. The monoisotopic (exact) mass is 358 g/mol. The van der Waals surface area contributed by atoms with Gasteiger partial charge in [0, 0.05) is 16.6 Å². The molecule has 0 spiro atoms. The van der Waals surface area contributed by atoms with E-state index >= 15 is 0 Å². The molecule has 2 aromatic carbocycles. The number of methoxy groups -OCH3 is 1. The number of aromatic nitrogens is 2. The number of anilines is 2. The highest BCUT2D eigenvalue weighted by molar-refractivity contribution is 7.17. The molecule has 4 aromatic rings. The van der Waals surface area contributed by atoms with Crippen LogP contribution in [0, 0.1) is 11.3 Å². The molecule has 4 rings (SSSR count). The quantitative estimate of drug-likeness (QED) is 0.557. The van der Waals surface area contributed by atoms with Gasteiger partial charge in [0.2, 0.25) is 0 Å². The summed E-state index contributed by atoms with van der Waals surface area (Å²) in [6.45, 7) is 0. The van der Waals surface area contributed by atoms with E-state index in [4.69, 9.17) is 10.00 Å². The van der Waals surface area contributed by atoms with Crippen molar-refractivity contribution in [3.8, 4) is 22.9 Å². The molecule has 2 heterocycles. The molecule has 0 fully saturated rings. The van der Waals surface area contributed by atoms with Crippen molar-refractivity contribution in [2.75, 3.05) is 12.4 Å². The first-order valence-corrected chi connectivity index (χ1v) is 8.80. The molecule has 26 heavy (non-hydrogen) atoms. The standard InChI is InChI=1S/C20H14N4OS/c1-25-16-7-5-14(6-8-16)17-11-26-20-18(17)19(22-12-23-20)24-15-4-2-3-13(9-15)10-21/h2-9,11-12H,1H3,(H,22,23,24). The molecule has 126 valence electrons. The first-order chi connectivity index (χ1) is 12.8. The lowest BCUT2D eigenvalue weighted by molar-refractivity contribution is 0.415. The van der Waals surface area contributed by atoms with Crippen molar-refractivity contribution in [2.45, 2.75) is 0 Å². The van der Waals surface area contributed by atoms with Crippen molar-refractivity contribution in [3.63, 3.8) is 0 Å². The van der Waals surface area contributed by atoms with Crippen molar-refractivity contribution in [1.29, 1.82) is 5.26 Å². The van der Waals surface area contributed by atoms with Gasteiger partial charge in [-0.1, -0.05) is 18.2 Å². The fraction of sp³-hybridized carbons (Fsp3) is 0.0500. The Morgan fingerprint density at radius 2 is 1.96 bits per heavy atom. The van der Waals surface area contributed by atoms with Crippen LogP contribution in [0.15, 0.2) is 60.2 Å². The van der Waals surface area contributed by atoms with Crippen LogP contribution in [-0.4, -0.2) is 17.1 Å². The predicted molar refractivity (Wildman–Crippen MR) is 104 cm³/mol. The van der Waals surface area contributed by atoms with Crippen LogP contribution in [0.5, 0.6) is 5.75 Å². The van der Waals surface area contributed by atoms with Crippen LogP contribution in [0.25, 0.3) is 21.3 Å². The number of ether oxygens (including phenoxy) is 1. The molecule has 0 saturated heterocycles. The Kier molecular flexibility index (Phi) is 4.22. The number of fused-ring (bicyclic) bond motifs is 1. The number of nitriles is 1. The molecule has 0 aliphatic rings. The summed E-state index contributed by atoms with van der Waals surface area (Å²) in [4.78, 5) is 9.72. The van der Waals surface area contributed by atoms with Crippen molar-refractivity contribution in [2.24, 2.45) is 0 Å². The van der Waals surface area contributed by atoms with E-state index in [1.54, 1.807) is 36.9 Å². The molecule has 6 heteroatoms. The molecule has 1 N–H and O–H groups in total. The topological polar surface area (TPSA) is 70.8 Å². The van der Waals surface area contributed by atoms with Gasteiger partial charge in [0.05, 0.1) is 24.1 Å². The van der Waals surface area contributed by atoms with Gasteiger partial charge in [-0.15, -0.1) is 11.3 Å². The molecule has 0 unspecified atom stereocenters. The normalized spacial score (nSPS) is 10.5. The van der Waals surface area contributed by atoms with Gasteiger partial charge in [-0.05, 0) is 35.9 Å². The molecule has 0 saturated carbocycles. The molecule has 5 nitrogen and oxygen atoms in total. The lowest BCUT2D eigenvalue weighted by Crippen LogP contribution is -1.96. The number of nitrogens with one attached hydrogen (secondary N) is 1. The lowest BCUT2D eigenvalue weighted by atomic mass is 10.1. The summed E-state index contributed by atoms with van der Waals surface area (Å²) in [5, 5.41) is 15.5. The Balaban J connectivity index is 1.80. The van der Waals surface area contributed by atoms with E-state index in [9.17, 15) is 0 Å². The van der Waals surface area contributed by atoms with E-state index in [-0.39, 0.29) is 0 Å². The van der Waals surface area contributed by atoms with Gasteiger partial charge in [-0.2, -0.15) is 5.26 Å². The van der Waals surface area contributed by atoms with Crippen molar-refractivity contribution < 1.29 is 4.74 Å². The highest BCUT2D eigenvalue weighted by Gasteiger charge is 2.13. The summed E-state index contributed by atoms with van der Waals surface area (Å²) in [6.07, 6.45) is 1.55. The molecule has 2 aromatic heterocycles. The van der Waals surface area contributed by atoms with Crippen LogP contribution >= 0.6 is 11.3 Å². The average Bonchev–Trinajstić information content (AvgIpc) is 3.13. The molecule has 0 bridgehead atoms. The molecule has 0 atom stereocenters. The minimum Gasteiger partial charge on any atom is -0.497 e. The molecular formula is C20H14N4OS. The fourth-order valence-electron chi connectivity index (χ4n) is 2.76. The van der Waals surface area contributed by atoms with Crippen molar-refractivity contribution in [3.05, 3.63) is 65.8 Å². The maximum Gasteiger partial charge on any atom is 0.143 e. The zero-order chi connectivity index (χ0) is 17.9. The van der Waals surface area contributed by atoms with Crippen LogP contribution in [-0.2, 0) is 0 Å². The minimum absolute atomic E-state index is 0.598. The van der Waals surface area contributed by atoms with Crippen LogP contribution in [0.4, 0.5) is 11.5 Å². The molecule has 0 aliphatic heterocycles. The van der Waals surface area contributed by atoms with Gasteiger partial charge in [-0.25, -0.2) is 9.97 Å². The summed E-state index contributed by atoms with van der Waals surface area (Å²) in [6, 6.07) is 17.4. The van der Waals surface area contributed by atoms with E-state index in [1.165, 1.54) is 0 Å². The third-order valence-corrected chi connectivity index (χ3v) is 4.91. The maximum atomic E-state index is 9.09. The largest absolute Gasteiger partial charge is 0.497 e. The Morgan fingerprint density at radius 1 is 1.12 bits per heavy atom. The summed E-state index contributed by atoms with van der Waals surface area (Å²) >= 11 is 1.58. The lowest BCUT2D eigenvalue weighted by Gasteiger charge is -2.09. The van der Waals surface area contributed by atoms with Gasteiger partial charge >= 0.3 is 0 Å². The Hall–Kier alpha value is -3.43. The summed E-state index contributed by atoms with van der Waals surface area (Å²) in [5.74, 6) is 1.54. The second-order valence-corrected chi connectivity index (χ2v) is 6.46. The number of hydrogen-bond donors (Lipinski definition) is 1. The van der Waals surface area contributed by atoms with E-state index in [1.807, 2.05) is 36.4 Å². The molecule has 0 radical (unpaired) electrons. The average molecular weight is 358 g/mol. The van der Waals surface area contributed by atoms with E-state index in [0.29, 0.717) is 5.56 Å². The van der Waals surface area contributed by atoms with E-state index in [0.717, 1.165) is 38.6 Å². The van der Waals surface area contributed by atoms with Gasteiger partial charge in [0.25, 0.3) is 0 Å². The van der Waals surface area contributed by atoms with Gasteiger partial charge < -0.3 is 10.1 Å². The summed E-state index contributed by atoms with van der Waals surface area (Å²) in [7, 11) is 1.65. The van der Waals surface area contributed by atoms with Crippen molar-refractivity contribution >= 4 is 33.1 Å². The SMILES string of the molecule is COc1ccc(-c2csc3ncnc(Nc4cccc(C#N)c4)c23)cc1. The Labute approximate surface area is 154 Å². The second-order valence-electron chi connectivity index (χ2n) is 5.60. The number of rotatable bonds is 4. The smallest absolute Gasteiger partial charge is 0.143 e. The Bertz CT molecular complexity index is 1110. The van der Waals surface area contributed by atoms with E-state index in [2.05, 4.69) is 26.7 Å². The van der Waals surface area contributed by atoms with Gasteiger partial charge in [0.15, 0.2) is 0 Å². The minimum atomic E-state index is 0.598. The third kappa shape index (κ3) is 2.96. The van der Waals surface area contributed by atoms with Gasteiger partial charge in [-0.3, -0.25) is 0 Å². The highest BCUT2D eigenvalue weighted by atomic mass is 32.1.